The average molecular weight is 271 g/mol. The largest absolute Gasteiger partial charge is 0.467 e. The predicted octanol–water partition coefficient (Wildman–Crippen LogP) is 2.12. The third-order valence-corrected chi connectivity index (χ3v) is 3.78. The molecule has 1 N–H and O–H groups in total. The fraction of sp³-hybridized carbons (Fsp3) is 0.375. The van der Waals surface area contributed by atoms with E-state index in [-0.39, 0.29) is 6.04 Å². The van der Waals surface area contributed by atoms with Crippen LogP contribution in [0.1, 0.15) is 17.4 Å². The minimum absolute atomic E-state index is 0.0783. The highest BCUT2D eigenvalue weighted by molar-refractivity contribution is 5.26. The van der Waals surface area contributed by atoms with Gasteiger partial charge in [0.15, 0.2) is 0 Å². The van der Waals surface area contributed by atoms with Gasteiger partial charge in [-0.2, -0.15) is 0 Å². The van der Waals surface area contributed by atoms with Crippen LogP contribution in [0.4, 0.5) is 0 Å². The Labute approximate surface area is 120 Å². The van der Waals surface area contributed by atoms with Crippen molar-refractivity contribution in [3.63, 3.8) is 0 Å². The summed E-state index contributed by atoms with van der Waals surface area (Å²) >= 11 is 0. The summed E-state index contributed by atoms with van der Waals surface area (Å²) in [5.74, 6) is 0.954. The molecule has 1 aliphatic rings. The molecule has 1 aromatic heterocycles. The molecule has 4 heteroatoms. The molecule has 1 saturated heterocycles. The maximum Gasteiger partial charge on any atom is 0.126 e. The second-order valence-corrected chi connectivity index (χ2v) is 5.28. The van der Waals surface area contributed by atoms with E-state index in [2.05, 4.69) is 46.6 Å². The number of hydrogen-bond donors (Lipinski definition) is 1. The first kappa shape index (κ1) is 13.4. The van der Waals surface area contributed by atoms with Crippen molar-refractivity contribution in [3.8, 4) is 0 Å². The first-order valence-corrected chi connectivity index (χ1v) is 7.11. The maximum absolute atomic E-state index is 5.61. The molecule has 0 bridgehead atoms. The number of nitrogens with one attached hydrogen (secondary N) is 1. The van der Waals surface area contributed by atoms with Gasteiger partial charge in [0, 0.05) is 26.2 Å². The molecule has 0 aliphatic carbocycles. The quantitative estimate of drug-likeness (QED) is 0.923. The molecule has 1 unspecified atom stereocenters. The van der Waals surface area contributed by atoms with Crippen LogP contribution >= 0.6 is 0 Å². The summed E-state index contributed by atoms with van der Waals surface area (Å²) in [7, 11) is 2.17. The zero-order valence-corrected chi connectivity index (χ0v) is 11.8. The molecule has 4 nitrogen and oxygen atoms in total. The molecule has 0 radical (unpaired) electrons. The normalized spacial score (nSPS) is 19.1. The SMILES string of the molecule is CN1CCN(NC(c2ccccc2)c2ccco2)CC1. The Morgan fingerprint density at radius 2 is 1.75 bits per heavy atom. The summed E-state index contributed by atoms with van der Waals surface area (Å²) in [5, 5.41) is 2.29. The zero-order valence-electron chi connectivity index (χ0n) is 11.8. The molecule has 0 amide bonds. The number of rotatable bonds is 4. The van der Waals surface area contributed by atoms with Crippen molar-refractivity contribution in [2.75, 3.05) is 33.2 Å². The van der Waals surface area contributed by atoms with Gasteiger partial charge in [0.25, 0.3) is 0 Å². The van der Waals surface area contributed by atoms with Crippen LogP contribution < -0.4 is 5.43 Å². The summed E-state index contributed by atoms with van der Waals surface area (Å²) < 4.78 is 5.61. The number of benzene rings is 1. The van der Waals surface area contributed by atoms with Crippen LogP contribution in [-0.4, -0.2) is 43.1 Å². The molecule has 1 fully saturated rings. The van der Waals surface area contributed by atoms with Crippen LogP contribution in [0.5, 0.6) is 0 Å². The van der Waals surface area contributed by atoms with Crippen LogP contribution in [0.2, 0.25) is 0 Å². The number of likely N-dealkylation sites (N-methyl/N-ethyl adjacent to an activating group) is 1. The zero-order chi connectivity index (χ0) is 13.8. The molecule has 2 heterocycles. The van der Waals surface area contributed by atoms with Crippen molar-refractivity contribution >= 4 is 0 Å². The van der Waals surface area contributed by atoms with E-state index in [1.807, 2.05) is 18.2 Å². The van der Waals surface area contributed by atoms with Crippen LogP contribution in [-0.2, 0) is 0 Å². The predicted molar refractivity (Wildman–Crippen MR) is 79.2 cm³/mol. The van der Waals surface area contributed by atoms with Gasteiger partial charge in [-0.25, -0.2) is 10.4 Å². The minimum atomic E-state index is 0.0783. The van der Waals surface area contributed by atoms with Crippen molar-refractivity contribution < 1.29 is 4.42 Å². The number of hydrazine groups is 1. The minimum Gasteiger partial charge on any atom is -0.467 e. The van der Waals surface area contributed by atoms with E-state index in [1.54, 1.807) is 6.26 Å². The van der Waals surface area contributed by atoms with E-state index < -0.39 is 0 Å². The fourth-order valence-electron chi connectivity index (χ4n) is 2.52. The standard InChI is InChI=1S/C16H21N3O/c1-18-9-11-19(12-10-18)17-16(15-8-5-13-20-15)14-6-3-2-4-7-14/h2-8,13,16-17H,9-12H2,1H3. The Balaban J connectivity index is 1.77. The lowest BCUT2D eigenvalue weighted by atomic mass is 10.1. The monoisotopic (exact) mass is 271 g/mol. The van der Waals surface area contributed by atoms with Crippen molar-refractivity contribution in [1.82, 2.24) is 15.3 Å². The molecule has 20 heavy (non-hydrogen) atoms. The highest BCUT2D eigenvalue weighted by Crippen LogP contribution is 2.22. The lowest BCUT2D eigenvalue weighted by Crippen LogP contribution is -2.51. The van der Waals surface area contributed by atoms with Gasteiger partial charge in [-0.15, -0.1) is 0 Å². The molecule has 3 rings (SSSR count). The van der Waals surface area contributed by atoms with Gasteiger partial charge in [0.1, 0.15) is 11.8 Å². The van der Waals surface area contributed by atoms with Crippen molar-refractivity contribution in [2.45, 2.75) is 6.04 Å². The van der Waals surface area contributed by atoms with Gasteiger partial charge in [0.2, 0.25) is 0 Å². The molecule has 0 saturated carbocycles. The Bertz CT molecular complexity index is 504. The van der Waals surface area contributed by atoms with Crippen LogP contribution in [0.25, 0.3) is 0 Å². The molecule has 106 valence electrons. The first-order valence-electron chi connectivity index (χ1n) is 7.11. The number of furan rings is 1. The highest BCUT2D eigenvalue weighted by atomic mass is 16.3. The smallest absolute Gasteiger partial charge is 0.126 e. The molecule has 1 aliphatic heterocycles. The van der Waals surface area contributed by atoms with Crippen molar-refractivity contribution in [1.29, 1.82) is 0 Å². The summed E-state index contributed by atoms with van der Waals surface area (Å²) in [4.78, 5) is 2.35. The third kappa shape index (κ3) is 3.10. The second-order valence-electron chi connectivity index (χ2n) is 5.28. The molecule has 1 aromatic carbocycles. The third-order valence-electron chi connectivity index (χ3n) is 3.78. The second kappa shape index (κ2) is 6.22. The lowest BCUT2D eigenvalue weighted by molar-refractivity contribution is 0.0895. The number of nitrogens with zero attached hydrogens (tertiary/aromatic N) is 2. The summed E-state index contributed by atoms with van der Waals surface area (Å²) in [5.41, 5.74) is 4.83. The van der Waals surface area contributed by atoms with E-state index in [0.29, 0.717) is 0 Å². The Kier molecular flexibility index (Phi) is 4.16. The molecule has 2 aromatic rings. The average Bonchev–Trinajstić information content (AvgIpc) is 3.01. The van der Waals surface area contributed by atoms with Crippen LogP contribution in [0, 0.1) is 0 Å². The van der Waals surface area contributed by atoms with Crippen molar-refractivity contribution in [3.05, 3.63) is 60.1 Å². The van der Waals surface area contributed by atoms with E-state index in [1.165, 1.54) is 5.56 Å². The molecular weight excluding hydrogens is 250 g/mol. The highest BCUT2D eigenvalue weighted by Gasteiger charge is 2.21. The van der Waals surface area contributed by atoms with E-state index >= 15 is 0 Å². The van der Waals surface area contributed by atoms with Gasteiger partial charge in [-0.3, -0.25) is 0 Å². The van der Waals surface area contributed by atoms with Crippen LogP contribution in [0.3, 0.4) is 0 Å². The van der Waals surface area contributed by atoms with Gasteiger partial charge in [-0.1, -0.05) is 30.3 Å². The fourth-order valence-corrected chi connectivity index (χ4v) is 2.52. The number of piperazine rings is 1. The molecule has 0 spiro atoms. The van der Waals surface area contributed by atoms with Gasteiger partial charge >= 0.3 is 0 Å². The Morgan fingerprint density at radius 1 is 1.00 bits per heavy atom. The Hall–Kier alpha value is -1.62. The van der Waals surface area contributed by atoms with Crippen molar-refractivity contribution in [2.24, 2.45) is 0 Å². The topological polar surface area (TPSA) is 31.6 Å². The van der Waals surface area contributed by atoms with Gasteiger partial charge in [0.05, 0.1) is 6.26 Å². The van der Waals surface area contributed by atoms with Gasteiger partial charge < -0.3 is 9.32 Å². The van der Waals surface area contributed by atoms with E-state index in [4.69, 9.17) is 4.42 Å². The van der Waals surface area contributed by atoms with E-state index in [9.17, 15) is 0 Å². The van der Waals surface area contributed by atoms with Gasteiger partial charge in [-0.05, 0) is 24.7 Å². The molecule has 1 atom stereocenters. The maximum atomic E-state index is 5.61. The van der Waals surface area contributed by atoms with Crippen LogP contribution in [0.15, 0.2) is 53.1 Å². The molecular formula is C16H21N3O. The summed E-state index contributed by atoms with van der Waals surface area (Å²) in [6.45, 7) is 4.24. The summed E-state index contributed by atoms with van der Waals surface area (Å²) in [6.07, 6.45) is 1.73. The van der Waals surface area contributed by atoms with E-state index in [0.717, 1.165) is 31.9 Å². The Morgan fingerprint density at radius 3 is 2.40 bits per heavy atom. The number of hydrogen-bond acceptors (Lipinski definition) is 4. The summed E-state index contributed by atoms with van der Waals surface area (Å²) in [6, 6.07) is 14.5. The lowest BCUT2D eigenvalue weighted by Gasteiger charge is -2.35. The first-order chi connectivity index (χ1) is 9.83.